The van der Waals surface area contributed by atoms with Crippen LogP contribution in [0.5, 0.6) is 0 Å². The SMILES string of the molecule is Cc1ccoc1C(Br)c1ccc(C)c2ccccc12. The second-order valence-electron chi connectivity index (χ2n) is 4.85. The zero-order valence-corrected chi connectivity index (χ0v) is 12.6. The van der Waals surface area contributed by atoms with E-state index in [1.807, 2.05) is 6.07 Å². The molecule has 1 nitrogen and oxygen atoms in total. The molecule has 0 bridgehead atoms. The van der Waals surface area contributed by atoms with Gasteiger partial charge in [-0.25, -0.2) is 0 Å². The van der Waals surface area contributed by atoms with Crippen molar-refractivity contribution in [3.05, 3.63) is 71.2 Å². The van der Waals surface area contributed by atoms with Crippen molar-refractivity contribution in [1.29, 1.82) is 0 Å². The highest BCUT2D eigenvalue weighted by Crippen LogP contribution is 2.37. The summed E-state index contributed by atoms with van der Waals surface area (Å²) in [5.41, 5.74) is 3.72. The quantitative estimate of drug-likeness (QED) is 0.566. The molecular weight excluding hydrogens is 300 g/mol. The third kappa shape index (κ3) is 2.10. The van der Waals surface area contributed by atoms with Gasteiger partial charge in [0.15, 0.2) is 0 Å². The molecule has 3 rings (SSSR count). The molecule has 2 heteroatoms. The first-order valence-corrected chi connectivity index (χ1v) is 7.26. The third-order valence-electron chi connectivity index (χ3n) is 3.58. The van der Waals surface area contributed by atoms with Crippen LogP contribution < -0.4 is 0 Å². The summed E-state index contributed by atoms with van der Waals surface area (Å²) in [5, 5.41) is 2.58. The maximum absolute atomic E-state index is 5.61. The van der Waals surface area contributed by atoms with Crippen molar-refractivity contribution in [1.82, 2.24) is 0 Å². The van der Waals surface area contributed by atoms with Crippen LogP contribution in [-0.4, -0.2) is 0 Å². The Kier molecular flexibility index (Phi) is 3.19. The Bertz CT molecular complexity index is 727. The first kappa shape index (κ1) is 12.5. The molecule has 0 fully saturated rings. The van der Waals surface area contributed by atoms with Gasteiger partial charge in [-0.15, -0.1) is 0 Å². The molecule has 3 aromatic rings. The van der Waals surface area contributed by atoms with Crippen molar-refractivity contribution in [3.8, 4) is 0 Å². The van der Waals surface area contributed by atoms with E-state index in [0.717, 1.165) is 5.76 Å². The number of aryl methyl sites for hydroxylation is 2. The van der Waals surface area contributed by atoms with Crippen LogP contribution in [0.1, 0.15) is 27.3 Å². The molecule has 0 aliphatic rings. The van der Waals surface area contributed by atoms with Gasteiger partial charge in [0.1, 0.15) is 5.76 Å². The number of fused-ring (bicyclic) bond motifs is 1. The van der Waals surface area contributed by atoms with Gasteiger partial charge < -0.3 is 4.42 Å². The Morgan fingerprint density at radius 1 is 0.895 bits per heavy atom. The zero-order valence-electron chi connectivity index (χ0n) is 11.0. The van der Waals surface area contributed by atoms with Crippen LogP contribution in [0.4, 0.5) is 0 Å². The van der Waals surface area contributed by atoms with Crippen LogP contribution in [0, 0.1) is 13.8 Å². The molecule has 1 heterocycles. The molecule has 19 heavy (non-hydrogen) atoms. The Morgan fingerprint density at radius 2 is 1.63 bits per heavy atom. The summed E-state index contributed by atoms with van der Waals surface area (Å²) in [4.78, 5) is 0.0907. The first-order valence-electron chi connectivity index (χ1n) is 6.35. The van der Waals surface area contributed by atoms with Crippen molar-refractivity contribution in [2.75, 3.05) is 0 Å². The molecule has 0 amide bonds. The lowest BCUT2D eigenvalue weighted by atomic mass is 9.97. The average molecular weight is 315 g/mol. The predicted octanol–water partition coefficient (Wildman–Crippen LogP) is 5.53. The van der Waals surface area contributed by atoms with Gasteiger partial charge in [-0.2, -0.15) is 0 Å². The van der Waals surface area contributed by atoms with Crippen LogP contribution >= 0.6 is 15.9 Å². The number of alkyl halides is 1. The van der Waals surface area contributed by atoms with E-state index in [2.05, 4.69) is 66.2 Å². The van der Waals surface area contributed by atoms with Gasteiger partial charge in [0.25, 0.3) is 0 Å². The maximum Gasteiger partial charge on any atom is 0.124 e. The fourth-order valence-corrected chi connectivity index (χ4v) is 3.35. The van der Waals surface area contributed by atoms with Crippen LogP contribution in [0.2, 0.25) is 0 Å². The van der Waals surface area contributed by atoms with Crippen molar-refractivity contribution in [2.45, 2.75) is 18.7 Å². The highest BCUT2D eigenvalue weighted by Gasteiger charge is 2.18. The molecule has 2 aromatic carbocycles. The molecule has 0 saturated carbocycles. The standard InChI is InChI=1S/C17H15BrO/c1-11-7-8-15(14-6-4-3-5-13(11)14)16(18)17-12(2)9-10-19-17/h3-10,16H,1-2H3. The monoisotopic (exact) mass is 314 g/mol. The van der Waals surface area contributed by atoms with E-state index in [4.69, 9.17) is 4.42 Å². The van der Waals surface area contributed by atoms with Gasteiger partial charge in [0, 0.05) is 0 Å². The summed E-state index contributed by atoms with van der Waals surface area (Å²) in [5.74, 6) is 0.981. The highest BCUT2D eigenvalue weighted by atomic mass is 79.9. The molecule has 0 aliphatic carbocycles. The molecule has 0 saturated heterocycles. The Balaban J connectivity index is 2.21. The van der Waals surface area contributed by atoms with Crippen LogP contribution in [0.25, 0.3) is 10.8 Å². The molecule has 1 atom stereocenters. The first-order chi connectivity index (χ1) is 9.18. The van der Waals surface area contributed by atoms with Crippen molar-refractivity contribution in [2.24, 2.45) is 0 Å². The normalized spacial score (nSPS) is 12.8. The zero-order chi connectivity index (χ0) is 13.4. The van der Waals surface area contributed by atoms with E-state index in [1.54, 1.807) is 6.26 Å². The summed E-state index contributed by atoms with van der Waals surface area (Å²) >= 11 is 3.78. The highest BCUT2D eigenvalue weighted by molar-refractivity contribution is 9.09. The molecule has 1 aromatic heterocycles. The average Bonchev–Trinajstić information content (AvgIpc) is 2.85. The summed E-state index contributed by atoms with van der Waals surface area (Å²) < 4.78 is 5.61. The Labute approximate surface area is 121 Å². The number of furan rings is 1. The molecule has 96 valence electrons. The van der Waals surface area contributed by atoms with E-state index in [-0.39, 0.29) is 4.83 Å². The van der Waals surface area contributed by atoms with Gasteiger partial charge in [-0.1, -0.05) is 52.3 Å². The topological polar surface area (TPSA) is 13.1 Å². The molecule has 0 N–H and O–H groups in total. The summed E-state index contributed by atoms with van der Waals surface area (Å²) in [6, 6.07) is 14.9. The minimum Gasteiger partial charge on any atom is -0.468 e. The van der Waals surface area contributed by atoms with Gasteiger partial charge >= 0.3 is 0 Å². The summed E-state index contributed by atoms with van der Waals surface area (Å²) in [6.07, 6.45) is 1.75. The van der Waals surface area contributed by atoms with E-state index in [0.29, 0.717) is 0 Å². The molecule has 0 aliphatic heterocycles. The second kappa shape index (κ2) is 4.86. The lowest BCUT2D eigenvalue weighted by molar-refractivity contribution is 0.517. The van der Waals surface area contributed by atoms with Crippen LogP contribution in [-0.2, 0) is 0 Å². The van der Waals surface area contributed by atoms with Crippen LogP contribution in [0.3, 0.4) is 0 Å². The lowest BCUT2D eigenvalue weighted by Gasteiger charge is -2.13. The number of benzene rings is 2. The molecule has 0 radical (unpaired) electrons. The van der Waals surface area contributed by atoms with Crippen molar-refractivity contribution < 1.29 is 4.42 Å². The van der Waals surface area contributed by atoms with E-state index < -0.39 is 0 Å². The van der Waals surface area contributed by atoms with Gasteiger partial charge in [0.05, 0.1) is 11.1 Å². The molecular formula is C17H15BrO. The van der Waals surface area contributed by atoms with Crippen LogP contribution in [0.15, 0.2) is 53.1 Å². The number of halogens is 1. The van der Waals surface area contributed by atoms with Gasteiger partial charge in [-0.3, -0.25) is 0 Å². The van der Waals surface area contributed by atoms with Gasteiger partial charge in [-0.05, 0) is 47.4 Å². The van der Waals surface area contributed by atoms with Crippen molar-refractivity contribution >= 4 is 26.7 Å². The third-order valence-corrected chi connectivity index (χ3v) is 4.49. The smallest absolute Gasteiger partial charge is 0.124 e. The fourth-order valence-electron chi connectivity index (χ4n) is 2.48. The van der Waals surface area contributed by atoms with E-state index in [9.17, 15) is 0 Å². The largest absolute Gasteiger partial charge is 0.468 e. The van der Waals surface area contributed by atoms with E-state index in [1.165, 1.54) is 27.5 Å². The molecule has 1 unspecified atom stereocenters. The number of hydrogen-bond acceptors (Lipinski definition) is 1. The minimum atomic E-state index is 0.0907. The predicted molar refractivity (Wildman–Crippen MR) is 82.9 cm³/mol. The second-order valence-corrected chi connectivity index (χ2v) is 5.76. The van der Waals surface area contributed by atoms with Gasteiger partial charge in [0.2, 0.25) is 0 Å². The summed E-state index contributed by atoms with van der Waals surface area (Å²) in [7, 11) is 0. The minimum absolute atomic E-state index is 0.0907. The summed E-state index contributed by atoms with van der Waals surface area (Å²) in [6.45, 7) is 4.22. The fraction of sp³-hybridized carbons (Fsp3) is 0.176. The number of rotatable bonds is 2. The number of hydrogen-bond donors (Lipinski definition) is 0. The maximum atomic E-state index is 5.61. The Hall–Kier alpha value is -1.54. The van der Waals surface area contributed by atoms with E-state index >= 15 is 0 Å². The lowest BCUT2D eigenvalue weighted by Crippen LogP contribution is -1.95. The Morgan fingerprint density at radius 3 is 2.32 bits per heavy atom. The van der Waals surface area contributed by atoms with Crippen molar-refractivity contribution in [3.63, 3.8) is 0 Å². The molecule has 0 spiro atoms.